The average molecular weight is 393 g/mol. The maximum Gasteiger partial charge on any atom is 0.232 e. The quantitative estimate of drug-likeness (QED) is 0.654. The van der Waals surface area contributed by atoms with Crippen molar-refractivity contribution in [3.05, 3.63) is 53.4 Å². The predicted molar refractivity (Wildman–Crippen MR) is 108 cm³/mol. The van der Waals surface area contributed by atoms with Crippen LogP contribution in [0.4, 0.5) is 5.69 Å². The normalized spacial score (nSPS) is 16.3. The van der Waals surface area contributed by atoms with Crippen LogP contribution in [0.5, 0.6) is 11.5 Å². The fourth-order valence-electron chi connectivity index (χ4n) is 3.60. The van der Waals surface area contributed by atoms with Crippen LogP contribution < -0.4 is 14.4 Å². The van der Waals surface area contributed by atoms with E-state index in [1.54, 1.807) is 25.2 Å². The summed E-state index contributed by atoms with van der Waals surface area (Å²) in [6.45, 7) is 4.50. The molecule has 29 heavy (non-hydrogen) atoms. The lowest BCUT2D eigenvalue weighted by Crippen LogP contribution is -2.24. The second kappa shape index (κ2) is 7.58. The molecule has 1 aliphatic rings. The van der Waals surface area contributed by atoms with Crippen LogP contribution in [0.3, 0.4) is 0 Å². The summed E-state index contributed by atoms with van der Waals surface area (Å²) >= 11 is 0. The van der Waals surface area contributed by atoms with Crippen LogP contribution in [0.2, 0.25) is 0 Å². The maximum absolute atomic E-state index is 12.7. The zero-order chi connectivity index (χ0) is 20.5. The van der Waals surface area contributed by atoms with Crippen molar-refractivity contribution >= 4 is 11.6 Å². The fourth-order valence-corrected chi connectivity index (χ4v) is 3.60. The van der Waals surface area contributed by atoms with Gasteiger partial charge in [0.2, 0.25) is 17.6 Å². The Morgan fingerprint density at radius 1 is 1.10 bits per heavy atom. The molecular formula is C22H23N3O4. The number of rotatable bonds is 5. The van der Waals surface area contributed by atoms with Crippen LogP contribution in [0.25, 0.3) is 11.4 Å². The van der Waals surface area contributed by atoms with Crippen LogP contribution in [0.15, 0.2) is 40.9 Å². The van der Waals surface area contributed by atoms with Gasteiger partial charge in [-0.1, -0.05) is 22.9 Å². The van der Waals surface area contributed by atoms with E-state index in [-0.39, 0.29) is 11.8 Å². The van der Waals surface area contributed by atoms with Gasteiger partial charge in [0.05, 0.1) is 25.8 Å². The Labute approximate surface area is 169 Å². The van der Waals surface area contributed by atoms with Crippen molar-refractivity contribution in [1.29, 1.82) is 0 Å². The number of methoxy groups -OCH3 is 2. The molecule has 7 heteroatoms. The molecule has 0 saturated carbocycles. The average Bonchev–Trinajstić information content (AvgIpc) is 3.36. The summed E-state index contributed by atoms with van der Waals surface area (Å²) < 4.78 is 16.2. The Bertz CT molecular complexity index is 1060. The van der Waals surface area contributed by atoms with Crippen molar-refractivity contribution in [2.24, 2.45) is 0 Å². The van der Waals surface area contributed by atoms with Crippen LogP contribution >= 0.6 is 0 Å². The van der Waals surface area contributed by atoms with E-state index in [0.717, 1.165) is 16.7 Å². The molecule has 1 aromatic heterocycles. The van der Waals surface area contributed by atoms with Crippen molar-refractivity contribution < 1.29 is 18.8 Å². The SMILES string of the molecule is COc1ccc(N2CC(c3nc(-c4cc(C)ccc4C)no3)CC2=O)c(OC)c1. The summed E-state index contributed by atoms with van der Waals surface area (Å²) in [7, 11) is 3.17. The second-order valence-electron chi connectivity index (χ2n) is 7.22. The van der Waals surface area contributed by atoms with Crippen molar-refractivity contribution in [3.63, 3.8) is 0 Å². The molecule has 1 atom stereocenters. The van der Waals surface area contributed by atoms with Gasteiger partial charge in [-0.05, 0) is 37.6 Å². The minimum Gasteiger partial charge on any atom is -0.497 e. The first kappa shape index (κ1) is 19.0. The van der Waals surface area contributed by atoms with Gasteiger partial charge in [0.1, 0.15) is 11.5 Å². The zero-order valence-corrected chi connectivity index (χ0v) is 16.9. The predicted octanol–water partition coefficient (Wildman–Crippen LogP) is 3.89. The first-order chi connectivity index (χ1) is 14.0. The minimum absolute atomic E-state index is 0.00930. The number of carbonyl (C=O) groups excluding carboxylic acids is 1. The summed E-state index contributed by atoms with van der Waals surface area (Å²) in [6.07, 6.45) is 0.309. The van der Waals surface area contributed by atoms with E-state index in [4.69, 9.17) is 14.0 Å². The molecule has 1 saturated heterocycles. The molecule has 4 rings (SSSR count). The number of hydrogen-bond donors (Lipinski definition) is 0. The molecule has 1 fully saturated rings. The topological polar surface area (TPSA) is 77.7 Å². The van der Waals surface area contributed by atoms with E-state index in [1.807, 2.05) is 38.1 Å². The second-order valence-corrected chi connectivity index (χ2v) is 7.22. The highest BCUT2D eigenvalue weighted by molar-refractivity contribution is 5.97. The molecule has 1 aliphatic heterocycles. The number of hydrogen-bond acceptors (Lipinski definition) is 6. The van der Waals surface area contributed by atoms with Crippen molar-refractivity contribution in [2.75, 3.05) is 25.7 Å². The number of amides is 1. The smallest absolute Gasteiger partial charge is 0.232 e. The largest absolute Gasteiger partial charge is 0.497 e. The van der Waals surface area contributed by atoms with Gasteiger partial charge in [0.25, 0.3) is 0 Å². The lowest BCUT2D eigenvalue weighted by atomic mass is 10.1. The highest BCUT2D eigenvalue weighted by atomic mass is 16.5. The molecule has 3 aromatic rings. The standard InChI is InChI=1S/C22H23N3O4/c1-13-5-6-14(2)17(9-13)21-23-22(29-24-21)15-10-20(26)25(12-15)18-8-7-16(27-3)11-19(18)28-4/h5-9,11,15H,10,12H2,1-4H3. The highest BCUT2D eigenvalue weighted by Crippen LogP contribution is 2.38. The first-order valence-electron chi connectivity index (χ1n) is 9.43. The third kappa shape index (κ3) is 3.55. The molecular weight excluding hydrogens is 370 g/mol. The molecule has 1 amide bonds. The first-order valence-corrected chi connectivity index (χ1v) is 9.43. The Hall–Kier alpha value is -3.35. The lowest BCUT2D eigenvalue weighted by Gasteiger charge is -2.19. The molecule has 150 valence electrons. The molecule has 2 heterocycles. The van der Waals surface area contributed by atoms with Gasteiger partial charge in [-0.2, -0.15) is 4.98 Å². The van der Waals surface area contributed by atoms with Crippen LogP contribution in [0.1, 0.15) is 29.4 Å². The Kier molecular flexibility index (Phi) is 4.96. The summed E-state index contributed by atoms with van der Waals surface area (Å²) in [5, 5.41) is 4.16. The lowest BCUT2D eigenvalue weighted by molar-refractivity contribution is -0.117. The van der Waals surface area contributed by atoms with Crippen molar-refractivity contribution in [1.82, 2.24) is 10.1 Å². The van der Waals surface area contributed by atoms with Gasteiger partial charge in [0, 0.05) is 24.6 Å². The van der Waals surface area contributed by atoms with Gasteiger partial charge in [0.15, 0.2) is 0 Å². The molecule has 1 unspecified atom stereocenters. The Balaban J connectivity index is 1.59. The van der Waals surface area contributed by atoms with E-state index in [0.29, 0.717) is 41.9 Å². The number of aromatic nitrogens is 2. The number of nitrogens with zero attached hydrogens (tertiary/aromatic N) is 3. The molecule has 0 radical (unpaired) electrons. The van der Waals surface area contributed by atoms with Gasteiger partial charge in [-0.15, -0.1) is 0 Å². The molecule has 7 nitrogen and oxygen atoms in total. The number of anilines is 1. The Morgan fingerprint density at radius 3 is 2.69 bits per heavy atom. The molecule has 2 aromatic carbocycles. The Morgan fingerprint density at radius 2 is 1.93 bits per heavy atom. The van der Waals surface area contributed by atoms with E-state index >= 15 is 0 Å². The van der Waals surface area contributed by atoms with E-state index in [1.165, 1.54) is 0 Å². The van der Waals surface area contributed by atoms with Crippen LogP contribution in [-0.4, -0.2) is 36.8 Å². The number of benzene rings is 2. The summed E-state index contributed by atoms with van der Waals surface area (Å²) in [5.41, 5.74) is 3.86. The number of carbonyl (C=O) groups is 1. The van der Waals surface area contributed by atoms with Crippen molar-refractivity contribution in [3.8, 4) is 22.9 Å². The summed E-state index contributed by atoms with van der Waals surface area (Å²) in [6, 6.07) is 11.5. The zero-order valence-electron chi connectivity index (χ0n) is 16.9. The molecule has 0 bridgehead atoms. The van der Waals surface area contributed by atoms with E-state index < -0.39 is 0 Å². The number of aryl methyl sites for hydroxylation is 2. The highest BCUT2D eigenvalue weighted by Gasteiger charge is 2.36. The molecule has 0 spiro atoms. The van der Waals surface area contributed by atoms with Gasteiger partial charge in [-0.25, -0.2) is 0 Å². The van der Waals surface area contributed by atoms with Gasteiger partial charge in [-0.3, -0.25) is 4.79 Å². The fraction of sp³-hybridized carbons (Fsp3) is 0.318. The maximum atomic E-state index is 12.7. The van der Waals surface area contributed by atoms with Gasteiger partial charge < -0.3 is 18.9 Å². The third-order valence-electron chi connectivity index (χ3n) is 5.23. The number of ether oxygens (including phenoxy) is 2. The third-order valence-corrected chi connectivity index (χ3v) is 5.23. The van der Waals surface area contributed by atoms with E-state index in [2.05, 4.69) is 16.2 Å². The van der Waals surface area contributed by atoms with Gasteiger partial charge >= 0.3 is 0 Å². The minimum atomic E-state index is -0.166. The van der Waals surface area contributed by atoms with E-state index in [9.17, 15) is 4.79 Å². The summed E-state index contributed by atoms with van der Waals surface area (Å²) in [5.74, 6) is 2.10. The van der Waals surface area contributed by atoms with Crippen LogP contribution in [-0.2, 0) is 4.79 Å². The van der Waals surface area contributed by atoms with Crippen LogP contribution in [0, 0.1) is 13.8 Å². The monoisotopic (exact) mass is 393 g/mol. The molecule has 0 aliphatic carbocycles. The summed E-state index contributed by atoms with van der Waals surface area (Å²) in [4.78, 5) is 19.0. The van der Waals surface area contributed by atoms with Crippen molar-refractivity contribution in [2.45, 2.75) is 26.2 Å². The molecule has 0 N–H and O–H groups in total.